The van der Waals surface area contributed by atoms with Crippen molar-refractivity contribution in [3.8, 4) is 0 Å². The maximum atomic E-state index is 13.0. The van der Waals surface area contributed by atoms with Gasteiger partial charge in [0.25, 0.3) is 0 Å². The summed E-state index contributed by atoms with van der Waals surface area (Å²) >= 11 is 0. The van der Waals surface area contributed by atoms with Crippen LogP contribution in [-0.4, -0.2) is 27.3 Å². The second kappa shape index (κ2) is 6.94. The minimum Gasteiger partial charge on any atom is -0.464 e. The number of urea groups is 1. The lowest BCUT2D eigenvalue weighted by molar-refractivity contribution is 0.128. The Balaban J connectivity index is 1.83. The number of anilines is 1. The second-order valence-corrected chi connectivity index (χ2v) is 7.08. The summed E-state index contributed by atoms with van der Waals surface area (Å²) < 4.78 is 7.75. The van der Waals surface area contributed by atoms with Gasteiger partial charge >= 0.3 is 6.03 Å². The molecule has 0 aromatic carbocycles. The van der Waals surface area contributed by atoms with Crippen molar-refractivity contribution in [1.82, 2.24) is 14.7 Å². The Bertz CT molecular complexity index is 762. The van der Waals surface area contributed by atoms with Gasteiger partial charge in [0.2, 0.25) is 0 Å². The summed E-state index contributed by atoms with van der Waals surface area (Å²) in [7, 11) is 0. The number of aryl methyl sites for hydroxylation is 3. The van der Waals surface area contributed by atoms with E-state index in [9.17, 15) is 4.79 Å². The Morgan fingerprint density at radius 2 is 2.12 bits per heavy atom. The lowest BCUT2D eigenvalue weighted by Crippen LogP contribution is -2.43. The van der Waals surface area contributed by atoms with Gasteiger partial charge in [-0.05, 0) is 58.6 Å². The molecule has 6 nitrogen and oxygen atoms in total. The van der Waals surface area contributed by atoms with Crippen LogP contribution in [-0.2, 0) is 6.54 Å². The molecule has 6 heteroatoms. The molecule has 3 rings (SSSR count). The number of amides is 2. The zero-order valence-corrected chi connectivity index (χ0v) is 15.8. The Morgan fingerprint density at radius 1 is 1.36 bits per heavy atom. The second-order valence-electron chi connectivity index (χ2n) is 7.08. The Kier molecular flexibility index (Phi) is 4.88. The van der Waals surface area contributed by atoms with Gasteiger partial charge in [-0.3, -0.25) is 4.68 Å². The molecule has 0 spiro atoms. The minimum absolute atomic E-state index is 0.0146. The first-order chi connectivity index (χ1) is 11.9. The van der Waals surface area contributed by atoms with Crippen molar-refractivity contribution in [1.29, 1.82) is 0 Å². The average Bonchev–Trinajstić information content (AvgIpc) is 3.12. The SMILES string of the molecule is CCn1nc(C)c(NC(=O)N2CCC(C)CC2c2ccc(C)o2)c1C. The molecule has 0 radical (unpaired) electrons. The van der Waals surface area contributed by atoms with Crippen molar-refractivity contribution < 1.29 is 9.21 Å². The molecule has 2 amide bonds. The third-order valence-electron chi connectivity index (χ3n) is 5.13. The molecule has 1 N–H and O–H groups in total. The normalized spacial score (nSPS) is 20.8. The largest absolute Gasteiger partial charge is 0.464 e. The highest BCUT2D eigenvalue weighted by Gasteiger charge is 2.33. The van der Waals surface area contributed by atoms with E-state index in [1.807, 2.05) is 49.4 Å². The number of carbonyl (C=O) groups excluding carboxylic acids is 1. The molecule has 0 aliphatic carbocycles. The third-order valence-corrected chi connectivity index (χ3v) is 5.13. The summed E-state index contributed by atoms with van der Waals surface area (Å²) in [4.78, 5) is 14.9. The van der Waals surface area contributed by atoms with Crippen LogP contribution in [0.25, 0.3) is 0 Å². The Morgan fingerprint density at radius 3 is 2.72 bits per heavy atom. The maximum absolute atomic E-state index is 13.0. The van der Waals surface area contributed by atoms with Crippen LogP contribution < -0.4 is 5.32 Å². The highest BCUT2D eigenvalue weighted by molar-refractivity contribution is 5.91. The van der Waals surface area contributed by atoms with E-state index in [0.717, 1.165) is 54.5 Å². The van der Waals surface area contributed by atoms with E-state index in [2.05, 4.69) is 17.3 Å². The highest BCUT2D eigenvalue weighted by Crippen LogP contribution is 2.35. The van der Waals surface area contributed by atoms with Gasteiger partial charge in [0.1, 0.15) is 11.5 Å². The maximum Gasteiger partial charge on any atom is 0.322 e. The molecule has 1 aliphatic rings. The number of hydrogen-bond acceptors (Lipinski definition) is 3. The number of hydrogen-bond donors (Lipinski definition) is 1. The minimum atomic E-state index is -0.0761. The van der Waals surface area contributed by atoms with E-state index in [0.29, 0.717) is 5.92 Å². The Labute approximate surface area is 149 Å². The molecular weight excluding hydrogens is 316 g/mol. The van der Waals surface area contributed by atoms with Crippen molar-refractivity contribution in [2.45, 2.75) is 60.0 Å². The molecule has 1 saturated heterocycles. The number of piperidine rings is 1. The predicted molar refractivity (Wildman–Crippen MR) is 97.7 cm³/mol. The molecule has 136 valence electrons. The molecule has 1 aliphatic heterocycles. The fourth-order valence-electron chi connectivity index (χ4n) is 3.65. The monoisotopic (exact) mass is 344 g/mol. The number of nitrogens with one attached hydrogen (secondary N) is 1. The van der Waals surface area contributed by atoms with Crippen LogP contribution in [0.4, 0.5) is 10.5 Å². The van der Waals surface area contributed by atoms with Crippen molar-refractivity contribution in [3.63, 3.8) is 0 Å². The predicted octanol–water partition coefficient (Wildman–Crippen LogP) is 4.43. The lowest BCUT2D eigenvalue weighted by atomic mass is 9.91. The van der Waals surface area contributed by atoms with Crippen LogP contribution in [0, 0.1) is 26.7 Å². The number of aromatic nitrogens is 2. The number of furan rings is 1. The van der Waals surface area contributed by atoms with E-state index in [1.54, 1.807) is 0 Å². The zero-order chi connectivity index (χ0) is 18.1. The van der Waals surface area contributed by atoms with Crippen LogP contribution in [0.15, 0.2) is 16.5 Å². The summed E-state index contributed by atoms with van der Waals surface area (Å²) in [6.07, 6.45) is 1.93. The molecule has 2 unspecified atom stereocenters. The van der Waals surface area contributed by atoms with E-state index in [4.69, 9.17) is 4.42 Å². The van der Waals surface area contributed by atoms with E-state index >= 15 is 0 Å². The van der Waals surface area contributed by atoms with Crippen molar-refractivity contribution in [3.05, 3.63) is 35.0 Å². The molecule has 25 heavy (non-hydrogen) atoms. The highest BCUT2D eigenvalue weighted by atomic mass is 16.3. The van der Waals surface area contributed by atoms with E-state index in [-0.39, 0.29) is 12.1 Å². The average molecular weight is 344 g/mol. The lowest BCUT2D eigenvalue weighted by Gasteiger charge is -2.37. The molecule has 2 atom stereocenters. The van der Waals surface area contributed by atoms with Gasteiger partial charge in [-0.1, -0.05) is 6.92 Å². The first-order valence-electron chi connectivity index (χ1n) is 9.08. The van der Waals surface area contributed by atoms with Crippen molar-refractivity contribution in [2.75, 3.05) is 11.9 Å². The van der Waals surface area contributed by atoms with Crippen LogP contribution in [0.3, 0.4) is 0 Å². The van der Waals surface area contributed by atoms with Crippen LogP contribution in [0.2, 0.25) is 0 Å². The summed E-state index contributed by atoms with van der Waals surface area (Å²) in [5.74, 6) is 2.33. The van der Waals surface area contributed by atoms with Gasteiger partial charge in [0, 0.05) is 13.1 Å². The van der Waals surface area contributed by atoms with Gasteiger partial charge < -0.3 is 14.6 Å². The smallest absolute Gasteiger partial charge is 0.322 e. The molecule has 0 bridgehead atoms. The fraction of sp³-hybridized carbons (Fsp3) is 0.579. The zero-order valence-electron chi connectivity index (χ0n) is 15.8. The fourth-order valence-corrected chi connectivity index (χ4v) is 3.65. The van der Waals surface area contributed by atoms with E-state index < -0.39 is 0 Å². The first kappa shape index (κ1) is 17.6. The standard InChI is InChI=1S/C19H28N4O2/c1-6-23-15(5)18(14(4)21-23)20-19(24)22-10-9-12(2)11-16(22)17-8-7-13(3)25-17/h7-8,12,16H,6,9-11H2,1-5H3,(H,20,24). The molecule has 3 heterocycles. The molecular formula is C19H28N4O2. The molecule has 2 aromatic heterocycles. The molecule has 2 aromatic rings. The number of likely N-dealkylation sites (tertiary alicyclic amines) is 1. The molecule has 0 saturated carbocycles. The van der Waals surface area contributed by atoms with Gasteiger partial charge in [-0.15, -0.1) is 0 Å². The number of rotatable bonds is 3. The summed E-state index contributed by atoms with van der Waals surface area (Å²) in [6.45, 7) is 11.7. The number of nitrogens with zero attached hydrogens (tertiary/aromatic N) is 3. The summed E-state index contributed by atoms with van der Waals surface area (Å²) in [6, 6.07) is 3.86. The summed E-state index contributed by atoms with van der Waals surface area (Å²) in [5.41, 5.74) is 2.66. The van der Waals surface area contributed by atoms with Crippen molar-refractivity contribution in [2.24, 2.45) is 5.92 Å². The van der Waals surface area contributed by atoms with Gasteiger partial charge in [-0.2, -0.15) is 5.10 Å². The Hall–Kier alpha value is -2.24. The first-order valence-corrected chi connectivity index (χ1v) is 9.08. The van der Waals surface area contributed by atoms with Gasteiger partial charge in [0.05, 0.1) is 23.1 Å². The molecule has 1 fully saturated rings. The van der Waals surface area contributed by atoms with Gasteiger partial charge in [-0.25, -0.2) is 4.79 Å². The number of carbonyl (C=O) groups is 1. The van der Waals surface area contributed by atoms with Crippen LogP contribution in [0.1, 0.15) is 55.6 Å². The third kappa shape index (κ3) is 3.43. The summed E-state index contributed by atoms with van der Waals surface area (Å²) in [5, 5.41) is 7.57. The van der Waals surface area contributed by atoms with Crippen molar-refractivity contribution >= 4 is 11.7 Å². The quantitative estimate of drug-likeness (QED) is 0.896. The van der Waals surface area contributed by atoms with Gasteiger partial charge in [0.15, 0.2) is 0 Å². The van der Waals surface area contributed by atoms with Crippen LogP contribution >= 0.6 is 0 Å². The van der Waals surface area contributed by atoms with E-state index in [1.165, 1.54) is 0 Å². The van der Waals surface area contributed by atoms with Crippen LogP contribution in [0.5, 0.6) is 0 Å². The topological polar surface area (TPSA) is 63.3 Å².